The second-order valence-corrected chi connectivity index (χ2v) is 12.8. The lowest BCUT2D eigenvalue weighted by Crippen LogP contribution is -2.51. The van der Waals surface area contributed by atoms with Crippen LogP contribution in [0, 0.1) is 11.8 Å². The molecule has 0 unspecified atom stereocenters. The maximum Gasteiger partial charge on any atom is 0.350 e. The van der Waals surface area contributed by atoms with E-state index in [1.54, 1.807) is 24.3 Å². The summed E-state index contributed by atoms with van der Waals surface area (Å²) in [5, 5.41) is 17.0. The minimum absolute atomic E-state index is 0.0166. The number of ether oxygens (including phenoxy) is 2. The molecule has 0 aromatic heterocycles. The summed E-state index contributed by atoms with van der Waals surface area (Å²) in [5.74, 6) is -0.811. The van der Waals surface area contributed by atoms with Crippen LogP contribution in [0.2, 0.25) is 0 Å². The van der Waals surface area contributed by atoms with Crippen LogP contribution in [0.5, 0.6) is 0 Å². The molecule has 2 aliphatic heterocycles. The highest BCUT2D eigenvalue weighted by Crippen LogP contribution is 2.59. The van der Waals surface area contributed by atoms with Crippen LogP contribution in [0.15, 0.2) is 82.8 Å². The Kier molecular flexibility index (Phi) is 8.70. The van der Waals surface area contributed by atoms with Gasteiger partial charge in [0.25, 0.3) is 5.60 Å². The number of allylic oxidation sites excluding steroid dienone is 6. The van der Waals surface area contributed by atoms with Crippen LogP contribution >= 0.6 is 0 Å². The Labute approximate surface area is 264 Å². The number of likely N-dealkylation sites (N-methyl/N-ethyl adjacent to an activating group) is 1. The Morgan fingerprint density at radius 2 is 2.00 bits per heavy atom. The van der Waals surface area contributed by atoms with Crippen molar-refractivity contribution in [1.82, 2.24) is 10.6 Å². The summed E-state index contributed by atoms with van der Waals surface area (Å²) in [5.41, 5.74) is 6.29. The third kappa shape index (κ3) is 5.51. The molecule has 1 aromatic carbocycles. The summed E-state index contributed by atoms with van der Waals surface area (Å²) in [6.45, 7) is 5.13. The number of benzene rings is 1. The van der Waals surface area contributed by atoms with Gasteiger partial charge in [-0.2, -0.15) is 0 Å². The molecule has 9 nitrogen and oxygen atoms in total. The number of rotatable bonds is 11. The van der Waals surface area contributed by atoms with Crippen molar-refractivity contribution >= 4 is 17.5 Å². The Morgan fingerprint density at radius 1 is 1.22 bits per heavy atom. The number of fused-ring (bicyclic) bond motifs is 3. The molecular weight excluding hydrogens is 570 g/mol. The van der Waals surface area contributed by atoms with Gasteiger partial charge in [-0.25, -0.2) is 4.79 Å². The Bertz CT molecular complexity index is 1550. The van der Waals surface area contributed by atoms with E-state index in [9.17, 15) is 19.5 Å². The van der Waals surface area contributed by atoms with E-state index in [0.717, 1.165) is 37.0 Å². The van der Waals surface area contributed by atoms with E-state index in [1.807, 2.05) is 19.9 Å². The average molecular weight is 614 g/mol. The largest absolute Gasteiger partial charge is 0.463 e. The quantitative estimate of drug-likeness (QED) is 0.127. The van der Waals surface area contributed by atoms with E-state index in [4.69, 9.17) is 15.2 Å². The molecule has 0 bridgehead atoms. The van der Waals surface area contributed by atoms with Crippen LogP contribution in [0.3, 0.4) is 0 Å². The van der Waals surface area contributed by atoms with Gasteiger partial charge in [-0.05, 0) is 74.3 Å². The SMILES string of the molecule is CCN[C@@H]1C=C2C=CCC[C@H]2C[C@H]1COC(=O)[C@]12O[C@@]1(C/C(CO)=C(\C)CCC1=CCNC(N)=C1)C(=O)c1ccccc1C2=O. The number of aliphatic hydroxyl groups is 1. The van der Waals surface area contributed by atoms with E-state index in [0.29, 0.717) is 36.7 Å². The number of Topliss-reactive ketones (excluding diaryl/α,β-unsaturated/α-hetero) is 2. The van der Waals surface area contributed by atoms with Crippen LogP contribution in [0.4, 0.5) is 0 Å². The molecule has 45 heavy (non-hydrogen) atoms. The zero-order valence-corrected chi connectivity index (χ0v) is 26.1. The smallest absolute Gasteiger partial charge is 0.350 e. The van der Waals surface area contributed by atoms with E-state index in [1.165, 1.54) is 5.57 Å². The zero-order chi connectivity index (χ0) is 31.8. The predicted molar refractivity (Wildman–Crippen MR) is 170 cm³/mol. The number of nitrogens with one attached hydrogen (secondary N) is 2. The summed E-state index contributed by atoms with van der Waals surface area (Å²) in [6, 6.07) is 6.54. The lowest BCUT2D eigenvalue weighted by molar-refractivity contribution is -0.150. The molecule has 1 fully saturated rings. The number of dihydropyridines is 1. The molecule has 0 saturated carbocycles. The summed E-state index contributed by atoms with van der Waals surface area (Å²) in [7, 11) is 0. The second-order valence-electron chi connectivity index (χ2n) is 12.8. The third-order valence-electron chi connectivity index (χ3n) is 10.1. The highest BCUT2D eigenvalue weighted by atomic mass is 16.7. The lowest BCUT2D eigenvalue weighted by Gasteiger charge is -2.36. The molecule has 1 saturated heterocycles. The monoisotopic (exact) mass is 613 g/mol. The maximum absolute atomic E-state index is 14.1. The number of carbonyl (C=O) groups is 3. The van der Waals surface area contributed by atoms with Crippen molar-refractivity contribution in [2.75, 3.05) is 26.3 Å². The first-order chi connectivity index (χ1) is 21.7. The van der Waals surface area contributed by atoms with Crippen LogP contribution in [-0.4, -0.2) is 66.2 Å². The van der Waals surface area contributed by atoms with Gasteiger partial charge >= 0.3 is 5.97 Å². The Morgan fingerprint density at radius 3 is 2.73 bits per heavy atom. The first kappa shape index (κ1) is 31.2. The summed E-state index contributed by atoms with van der Waals surface area (Å²) in [6.07, 6.45) is 14.7. The van der Waals surface area contributed by atoms with Gasteiger partial charge in [-0.3, -0.25) is 9.59 Å². The van der Waals surface area contributed by atoms with E-state index in [2.05, 4.69) is 34.9 Å². The van der Waals surface area contributed by atoms with Crippen molar-refractivity contribution in [1.29, 1.82) is 0 Å². The van der Waals surface area contributed by atoms with Crippen molar-refractivity contribution in [3.63, 3.8) is 0 Å². The zero-order valence-electron chi connectivity index (χ0n) is 26.1. The molecule has 0 amide bonds. The van der Waals surface area contributed by atoms with Crippen LogP contribution in [0.1, 0.15) is 73.1 Å². The van der Waals surface area contributed by atoms with Gasteiger partial charge in [0.15, 0.2) is 11.4 Å². The van der Waals surface area contributed by atoms with Gasteiger partial charge in [0, 0.05) is 36.1 Å². The predicted octanol–water partition coefficient (Wildman–Crippen LogP) is 3.82. The molecule has 0 spiro atoms. The van der Waals surface area contributed by atoms with E-state index in [-0.39, 0.29) is 42.7 Å². The molecule has 238 valence electrons. The van der Waals surface area contributed by atoms with Crippen molar-refractivity contribution in [2.24, 2.45) is 17.6 Å². The summed E-state index contributed by atoms with van der Waals surface area (Å²) >= 11 is 0. The van der Waals surface area contributed by atoms with Crippen LogP contribution < -0.4 is 16.4 Å². The number of ketones is 2. The maximum atomic E-state index is 14.1. The fraction of sp³-hybridized carbons (Fsp3) is 0.472. The van der Waals surface area contributed by atoms with Gasteiger partial charge in [-0.1, -0.05) is 61.1 Å². The molecule has 0 radical (unpaired) electrons. The molecule has 5 atom stereocenters. The third-order valence-corrected chi connectivity index (χ3v) is 10.1. The minimum Gasteiger partial charge on any atom is -0.463 e. The summed E-state index contributed by atoms with van der Waals surface area (Å²) < 4.78 is 12.1. The van der Waals surface area contributed by atoms with Crippen molar-refractivity contribution < 1.29 is 29.0 Å². The first-order valence-electron chi connectivity index (χ1n) is 16.1. The fourth-order valence-corrected chi connectivity index (χ4v) is 7.47. The number of epoxide rings is 1. The Balaban J connectivity index is 1.26. The normalized spacial score (nSPS) is 30.5. The molecule has 6 rings (SSSR count). The van der Waals surface area contributed by atoms with Gasteiger partial charge in [0.1, 0.15) is 0 Å². The molecular formula is C36H43N3O6. The highest BCUT2D eigenvalue weighted by Gasteiger charge is 2.85. The van der Waals surface area contributed by atoms with Crippen LogP contribution in [0.25, 0.3) is 0 Å². The standard InChI is InChI=1S/C36H43N3O6/c1-3-38-30-18-25-9-5-4-8-24(25)17-26(30)21-44-34(43)36-33(42)29-11-7-6-10-28(29)32(41)35(36,45-36)19-27(20-40)22(2)12-13-23-14-15-39-31(37)16-23/h5-7,9-11,14,16,18,24,26,30,38-40H,3-4,8,12-13,15,17,19-21,37H2,1-2H3/b27-22-/t24-,26-,30+,35-,36-/m0/s1. The number of carbonyl (C=O) groups excluding carboxylic acids is 3. The molecule has 1 aromatic rings. The van der Waals surface area contributed by atoms with Gasteiger partial charge in [0.2, 0.25) is 5.78 Å². The Hall–Kier alpha value is -3.79. The van der Waals surface area contributed by atoms with E-state index < -0.39 is 28.7 Å². The summed E-state index contributed by atoms with van der Waals surface area (Å²) in [4.78, 5) is 42.2. The van der Waals surface area contributed by atoms with Gasteiger partial charge < -0.3 is 30.9 Å². The number of aliphatic hydroxyl groups excluding tert-OH is 1. The van der Waals surface area contributed by atoms with Crippen molar-refractivity contribution in [3.05, 3.63) is 93.9 Å². The number of hydrogen-bond acceptors (Lipinski definition) is 9. The molecule has 5 N–H and O–H groups in total. The van der Waals surface area contributed by atoms with Crippen molar-refractivity contribution in [2.45, 2.75) is 69.6 Å². The van der Waals surface area contributed by atoms with Crippen molar-refractivity contribution in [3.8, 4) is 0 Å². The van der Waals surface area contributed by atoms with E-state index >= 15 is 0 Å². The second kappa shape index (κ2) is 12.5. The molecule has 3 aliphatic carbocycles. The number of nitrogens with two attached hydrogens (primary N) is 1. The fourth-order valence-electron chi connectivity index (χ4n) is 7.47. The van der Waals surface area contributed by atoms with Crippen LogP contribution in [-0.2, 0) is 14.3 Å². The minimum atomic E-state index is -2.08. The topological polar surface area (TPSA) is 143 Å². The lowest BCUT2D eigenvalue weighted by atomic mass is 9.71. The first-order valence-corrected chi connectivity index (χ1v) is 16.1. The number of hydrogen-bond donors (Lipinski definition) is 4. The molecule has 2 heterocycles. The number of esters is 1. The molecule has 5 aliphatic rings. The average Bonchev–Trinajstić information content (AvgIpc) is 3.75. The highest BCUT2D eigenvalue weighted by molar-refractivity contribution is 6.32. The molecule has 9 heteroatoms. The van der Waals surface area contributed by atoms with Gasteiger partial charge in [0.05, 0.1) is 19.0 Å². The van der Waals surface area contributed by atoms with Gasteiger partial charge in [-0.15, -0.1) is 0 Å².